The smallest absolute Gasteiger partial charge is 0.0589 e. The molecule has 0 N–H and O–H groups in total. The van der Waals surface area contributed by atoms with E-state index in [1.165, 1.54) is 25.8 Å². The van der Waals surface area contributed by atoms with Crippen molar-refractivity contribution < 1.29 is 4.74 Å². The van der Waals surface area contributed by atoms with Crippen molar-refractivity contribution in [3.63, 3.8) is 0 Å². The third-order valence-electron chi connectivity index (χ3n) is 2.97. The standard InChI is InChI=1S/C11H23NOS/c1-3-10(9-14)8-12(6-7-13-2)11-4-5-11/h10-11,14H,3-9H2,1-2H3. The second-order valence-corrected chi connectivity index (χ2v) is 4.54. The van der Waals surface area contributed by atoms with Crippen LogP contribution >= 0.6 is 12.6 Å². The zero-order valence-corrected chi connectivity index (χ0v) is 10.3. The maximum absolute atomic E-state index is 5.14. The molecule has 0 heterocycles. The Balaban J connectivity index is 2.26. The Kier molecular flexibility index (Phi) is 5.90. The molecule has 2 nitrogen and oxygen atoms in total. The van der Waals surface area contributed by atoms with E-state index < -0.39 is 0 Å². The Bertz CT molecular complexity index is 146. The van der Waals surface area contributed by atoms with Gasteiger partial charge in [-0.05, 0) is 24.5 Å². The van der Waals surface area contributed by atoms with Crippen LogP contribution in [0.1, 0.15) is 26.2 Å². The predicted molar refractivity (Wildman–Crippen MR) is 64.1 cm³/mol. The van der Waals surface area contributed by atoms with E-state index in [9.17, 15) is 0 Å². The SMILES string of the molecule is CCC(CS)CN(CCOC)C1CC1. The van der Waals surface area contributed by atoms with Crippen LogP contribution in [-0.2, 0) is 4.74 Å². The normalized spacial score (nSPS) is 18.9. The summed E-state index contributed by atoms with van der Waals surface area (Å²) in [6.45, 7) is 5.40. The van der Waals surface area contributed by atoms with Crippen LogP contribution in [0.25, 0.3) is 0 Å². The van der Waals surface area contributed by atoms with Gasteiger partial charge in [-0.15, -0.1) is 0 Å². The molecule has 3 heteroatoms. The van der Waals surface area contributed by atoms with Crippen LogP contribution in [-0.4, -0.2) is 43.5 Å². The lowest BCUT2D eigenvalue weighted by atomic mass is 10.1. The summed E-state index contributed by atoms with van der Waals surface area (Å²) in [5.74, 6) is 1.75. The van der Waals surface area contributed by atoms with E-state index in [1.54, 1.807) is 7.11 Å². The van der Waals surface area contributed by atoms with Crippen molar-refractivity contribution in [3.05, 3.63) is 0 Å². The summed E-state index contributed by atoms with van der Waals surface area (Å²) in [6.07, 6.45) is 4.00. The van der Waals surface area contributed by atoms with Crippen molar-refractivity contribution in [2.75, 3.05) is 32.6 Å². The van der Waals surface area contributed by atoms with Crippen molar-refractivity contribution >= 4 is 12.6 Å². The molecule has 1 aliphatic carbocycles. The maximum Gasteiger partial charge on any atom is 0.0589 e. The number of hydrogen-bond donors (Lipinski definition) is 1. The summed E-state index contributed by atoms with van der Waals surface area (Å²) >= 11 is 4.39. The van der Waals surface area contributed by atoms with Crippen LogP contribution in [0, 0.1) is 5.92 Å². The average Bonchev–Trinajstić information content (AvgIpc) is 3.02. The van der Waals surface area contributed by atoms with Gasteiger partial charge >= 0.3 is 0 Å². The van der Waals surface area contributed by atoms with Crippen LogP contribution in [0.3, 0.4) is 0 Å². The average molecular weight is 217 g/mol. The fourth-order valence-corrected chi connectivity index (χ4v) is 2.09. The van der Waals surface area contributed by atoms with E-state index >= 15 is 0 Å². The summed E-state index contributed by atoms with van der Waals surface area (Å²) in [5.41, 5.74) is 0. The molecule has 1 saturated carbocycles. The molecule has 0 aromatic heterocycles. The van der Waals surface area contributed by atoms with Gasteiger partial charge < -0.3 is 4.74 Å². The summed E-state index contributed by atoms with van der Waals surface area (Å²) in [5, 5.41) is 0. The van der Waals surface area contributed by atoms with Gasteiger partial charge in [-0.25, -0.2) is 0 Å². The molecule has 0 spiro atoms. The molecule has 1 fully saturated rings. The highest BCUT2D eigenvalue weighted by Gasteiger charge is 2.29. The largest absolute Gasteiger partial charge is 0.383 e. The zero-order chi connectivity index (χ0) is 10.4. The van der Waals surface area contributed by atoms with E-state index in [-0.39, 0.29) is 0 Å². The number of rotatable bonds is 8. The molecule has 0 saturated heterocycles. The lowest BCUT2D eigenvalue weighted by Gasteiger charge is -2.25. The lowest BCUT2D eigenvalue weighted by molar-refractivity contribution is 0.133. The molecule has 0 aromatic rings. The highest BCUT2D eigenvalue weighted by molar-refractivity contribution is 7.80. The Morgan fingerprint density at radius 1 is 1.50 bits per heavy atom. The quantitative estimate of drug-likeness (QED) is 0.625. The van der Waals surface area contributed by atoms with Gasteiger partial charge in [0.2, 0.25) is 0 Å². The Hall–Kier alpha value is 0.270. The Morgan fingerprint density at radius 2 is 2.21 bits per heavy atom. The molecule has 84 valence electrons. The molecule has 0 radical (unpaired) electrons. The third kappa shape index (κ3) is 4.20. The molecule has 1 atom stereocenters. The fourth-order valence-electron chi connectivity index (χ4n) is 1.72. The molecule has 0 amide bonds. The van der Waals surface area contributed by atoms with E-state index in [0.29, 0.717) is 0 Å². The summed E-state index contributed by atoms with van der Waals surface area (Å²) in [6, 6.07) is 0.846. The number of methoxy groups -OCH3 is 1. The van der Waals surface area contributed by atoms with Gasteiger partial charge in [0.05, 0.1) is 6.61 Å². The topological polar surface area (TPSA) is 12.5 Å². The van der Waals surface area contributed by atoms with Crippen molar-refractivity contribution in [2.45, 2.75) is 32.2 Å². The van der Waals surface area contributed by atoms with Crippen molar-refractivity contribution in [3.8, 4) is 0 Å². The first-order valence-electron chi connectivity index (χ1n) is 5.65. The molecular weight excluding hydrogens is 194 g/mol. The van der Waals surface area contributed by atoms with Crippen LogP contribution < -0.4 is 0 Å². The van der Waals surface area contributed by atoms with Gasteiger partial charge in [0.25, 0.3) is 0 Å². The maximum atomic E-state index is 5.14. The first-order chi connectivity index (χ1) is 6.81. The number of ether oxygens (including phenoxy) is 1. The molecule has 0 aliphatic heterocycles. The third-order valence-corrected chi connectivity index (χ3v) is 3.49. The minimum Gasteiger partial charge on any atom is -0.383 e. The Morgan fingerprint density at radius 3 is 2.64 bits per heavy atom. The Labute approximate surface area is 93.4 Å². The second-order valence-electron chi connectivity index (χ2n) is 4.18. The van der Waals surface area contributed by atoms with Gasteiger partial charge in [-0.2, -0.15) is 12.6 Å². The summed E-state index contributed by atoms with van der Waals surface area (Å²) in [7, 11) is 1.78. The first kappa shape index (κ1) is 12.3. The van der Waals surface area contributed by atoms with Gasteiger partial charge in [-0.3, -0.25) is 4.90 Å². The fraction of sp³-hybridized carbons (Fsp3) is 1.00. The number of hydrogen-bond acceptors (Lipinski definition) is 3. The highest BCUT2D eigenvalue weighted by Crippen LogP contribution is 2.27. The van der Waals surface area contributed by atoms with Crippen LogP contribution in [0.2, 0.25) is 0 Å². The molecule has 0 aromatic carbocycles. The zero-order valence-electron chi connectivity index (χ0n) is 9.41. The molecule has 1 aliphatic rings. The number of thiol groups is 1. The minimum absolute atomic E-state index is 0.746. The molecule has 14 heavy (non-hydrogen) atoms. The van der Waals surface area contributed by atoms with Gasteiger partial charge in [0, 0.05) is 26.2 Å². The summed E-state index contributed by atoms with van der Waals surface area (Å²) in [4.78, 5) is 2.58. The second kappa shape index (κ2) is 6.70. The van der Waals surface area contributed by atoms with Crippen LogP contribution in [0.4, 0.5) is 0 Å². The van der Waals surface area contributed by atoms with Crippen molar-refractivity contribution in [2.24, 2.45) is 5.92 Å². The molecule has 0 bridgehead atoms. The minimum atomic E-state index is 0.746. The predicted octanol–water partition coefficient (Wildman–Crippen LogP) is 2.05. The van der Waals surface area contributed by atoms with Crippen LogP contribution in [0.15, 0.2) is 0 Å². The molecule has 1 unspecified atom stereocenters. The molecular formula is C11H23NOS. The van der Waals surface area contributed by atoms with Crippen LogP contribution in [0.5, 0.6) is 0 Å². The van der Waals surface area contributed by atoms with E-state index in [1.807, 2.05) is 0 Å². The van der Waals surface area contributed by atoms with E-state index in [0.717, 1.165) is 30.9 Å². The van der Waals surface area contributed by atoms with Crippen molar-refractivity contribution in [1.29, 1.82) is 0 Å². The molecule has 1 rings (SSSR count). The van der Waals surface area contributed by atoms with Gasteiger partial charge in [-0.1, -0.05) is 13.3 Å². The first-order valence-corrected chi connectivity index (χ1v) is 6.28. The van der Waals surface area contributed by atoms with Crippen molar-refractivity contribution in [1.82, 2.24) is 4.90 Å². The van der Waals surface area contributed by atoms with Gasteiger partial charge in [0.1, 0.15) is 0 Å². The van der Waals surface area contributed by atoms with E-state index in [4.69, 9.17) is 4.74 Å². The lowest BCUT2D eigenvalue weighted by Crippen LogP contribution is -2.34. The van der Waals surface area contributed by atoms with Gasteiger partial charge in [0.15, 0.2) is 0 Å². The number of nitrogens with zero attached hydrogens (tertiary/aromatic N) is 1. The monoisotopic (exact) mass is 217 g/mol. The summed E-state index contributed by atoms with van der Waals surface area (Å²) < 4.78 is 5.14. The highest BCUT2D eigenvalue weighted by atomic mass is 32.1. The van der Waals surface area contributed by atoms with E-state index in [2.05, 4.69) is 24.5 Å².